The van der Waals surface area contributed by atoms with E-state index < -0.39 is 0 Å². The quantitative estimate of drug-likeness (QED) is 0.750. The summed E-state index contributed by atoms with van der Waals surface area (Å²) in [5.74, 6) is -0.0779. The van der Waals surface area contributed by atoms with Crippen LogP contribution >= 0.6 is 0 Å². The molecular formula is C13H20N2O3. The van der Waals surface area contributed by atoms with Crippen LogP contribution in [0.2, 0.25) is 0 Å². The topological polar surface area (TPSA) is 61.8 Å². The molecule has 0 aliphatic heterocycles. The van der Waals surface area contributed by atoms with Gasteiger partial charge in [-0.3, -0.25) is 4.79 Å². The molecule has 0 saturated heterocycles. The number of hydrogen-bond acceptors (Lipinski definition) is 4. The summed E-state index contributed by atoms with van der Waals surface area (Å²) in [6.07, 6.45) is 0. The highest BCUT2D eigenvalue weighted by Gasteiger charge is 2.05. The lowest BCUT2D eigenvalue weighted by atomic mass is 10.2. The summed E-state index contributed by atoms with van der Waals surface area (Å²) in [7, 11) is 3.64. The van der Waals surface area contributed by atoms with E-state index in [0.717, 1.165) is 13.1 Å². The number of hydrogen-bond donors (Lipinski definition) is 2. The Morgan fingerprint density at radius 1 is 1.44 bits per heavy atom. The predicted molar refractivity (Wildman–Crippen MR) is 69.8 cm³/mol. The minimum atomic E-state index is -0.175. The highest BCUT2D eigenvalue weighted by molar-refractivity contribution is 5.94. The summed E-state index contributed by atoms with van der Waals surface area (Å²) < 4.78 is 4.97. The molecule has 0 saturated carbocycles. The lowest BCUT2D eigenvalue weighted by Crippen LogP contribution is -2.34. The number of aromatic hydroxyl groups is 1. The van der Waals surface area contributed by atoms with Gasteiger partial charge < -0.3 is 20.1 Å². The molecule has 100 valence electrons. The highest BCUT2D eigenvalue weighted by atomic mass is 16.5. The van der Waals surface area contributed by atoms with E-state index in [1.165, 1.54) is 12.1 Å². The second-order valence-corrected chi connectivity index (χ2v) is 4.10. The molecule has 5 nitrogen and oxygen atoms in total. The molecule has 0 aliphatic rings. The van der Waals surface area contributed by atoms with Gasteiger partial charge in [-0.1, -0.05) is 6.07 Å². The van der Waals surface area contributed by atoms with Crippen LogP contribution in [0.1, 0.15) is 10.4 Å². The Labute approximate surface area is 107 Å². The predicted octanol–water partition coefficient (Wildman–Crippen LogP) is 0.700. The molecule has 1 aromatic carbocycles. The summed E-state index contributed by atoms with van der Waals surface area (Å²) in [5.41, 5.74) is 0.467. The Balaban J connectivity index is 2.29. The Morgan fingerprint density at radius 2 is 2.22 bits per heavy atom. The van der Waals surface area contributed by atoms with Crippen molar-refractivity contribution in [2.75, 3.05) is 40.4 Å². The van der Waals surface area contributed by atoms with Crippen molar-refractivity contribution in [2.24, 2.45) is 0 Å². The van der Waals surface area contributed by atoms with Gasteiger partial charge in [0, 0.05) is 32.3 Å². The number of ether oxygens (including phenoxy) is 1. The monoisotopic (exact) mass is 252 g/mol. The normalized spacial score (nSPS) is 10.6. The zero-order chi connectivity index (χ0) is 13.4. The molecule has 0 radical (unpaired) electrons. The molecule has 0 aromatic heterocycles. The first-order valence-electron chi connectivity index (χ1n) is 5.88. The second-order valence-electron chi connectivity index (χ2n) is 4.10. The van der Waals surface area contributed by atoms with Crippen molar-refractivity contribution in [1.82, 2.24) is 10.2 Å². The summed E-state index contributed by atoms with van der Waals surface area (Å²) in [6, 6.07) is 6.30. The smallest absolute Gasteiger partial charge is 0.251 e. The lowest BCUT2D eigenvalue weighted by Gasteiger charge is -2.16. The Kier molecular flexibility index (Phi) is 6.18. The van der Waals surface area contributed by atoms with Gasteiger partial charge in [0.1, 0.15) is 5.75 Å². The van der Waals surface area contributed by atoms with Crippen molar-refractivity contribution >= 4 is 5.91 Å². The molecule has 2 N–H and O–H groups in total. The van der Waals surface area contributed by atoms with E-state index in [9.17, 15) is 9.90 Å². The largest absolute Gasteiger partial charge is 0.508 e. The van der Waals surface area contributed by atoms with Crippen LogP contribution in [-0.2, 0) is 4.74 Å². The number of phenols is 1. The van der Waals surface area contributed by atoms with E-state index in [1.807, 2.05) is 7.05 Å². The van der Waals surface area contributed by atoms with Gasteiger partial charge in [-0.05, 0) is 25.2 Å². The van der Waals surface area contributed by atoms with Crippen LogP contribution in [0, 0.1) is 0 Å². The molecule has 1 amide bonds. The Morgan fingerprint density at radius 3 is 2.89 bits per heavy atom. The minimum Gasteiger partial charge on any atom is -0.508 e. The average Bonchev–Trinajstić information content (AvgIpc) is 2.36. The number of benzene rings is 1. The van der Waals surface area contributed by atoms with Gasteiger partial charge in [0.05, 0.1) is 6.61 Å². The lowest BCUT2D eigenvalue weighted by molar-refractivity contribution is 0.0947. The molecule has 0 fully saturated rings. The SMILES string of the molecule is COCCN(C)CCNC(=O)c1cccc(O)c1. The third-order valence-corrected chi connectivity index (χ3v) is 2.56. The molecule has 0 bridgehead atoms. The van der Waals surface area contributed by atoms with E-state index in [0.29, 0.717) is 18.7 Å². The van der Waals surface area contributed by atoms with E-state index in [-0.39, 0.29) is 11.7 Å². The summed E-state index contributed by atoms with van der Waals surface area (Å²) in [4.78, 5) is 13.8. The molecule has 18 heavy (non-hydrogen) atoms. The minimum absolute atomic E-state index is 0.0971. The van der Waals surface area contributed by atoms with Crippen LogP contribution < -0.4 is 5.32 Å². The van der Waals surface area contributed by atoms with Crippen LogP contribution in [0.25, 0.3) is 0 Å². The molecule has 0 heterocycles. The standard InChI is InChI=1S/C13H20N2O3/c1-15(8-9-18-2)7-6-14-13(17)11-4-3-5-12(16)10-11/h3-5,10,16H,6-9H2,1-2H3,(H,14,17). The van der Waals surface area contributed by atoms with E-state index in [4.69, 9.17) is 4.74 Å². The highest BCUT2D eigenvalue weighted by Crippen LogP contribution is 2.10. The first kappa shape index (κ1) is 14.5. The van der Waals surface area contributed by atoms with Crippen LogP contribution in [0.15, 0.2) is 24.3 Å². The fourth-order valence-electron chi connectivity index (χ4n) is 1.47. The fourth-order valence-corrected chi connectivity index (χ4v) is 1.47. The number of amides is 1. The molecule has 0 atom stereocenters. The number of likely N-dealkylation sites (N-methyl/N-ethyl adjacent to an activating group) is 1. The third kappa shape index (κ3) is 5.16. The second kappa shape index (κ2) is 7.68. The Bertz CT molecular complexity index is 382. The number of phenolic OH excluding ortho intramolecular Hbond substituents is 1. The maximum Gasteiger partial charge on any atom is 0.251 e. The Hall–Kier alpha value is -1.59. The van der Waals surface area contributed by atoms with Crippen molar-refractivity contribution in [2.45, 2.75) is 0 Å². The maximum absolute atomic E-state index is 11.7. The molecule has 0 aliphatic carbocycles. The molecule has 1 rings (SSSR count). The van der Waals surface area contributed by atoms with Crippen LogP contribution in [0.5, 0.6) is 5.75 Å². The molecule has 0 spiro atoms. The van der Waals surface area contributed by atoms with Gasteiger partial charge in [0.2, 0.25) is 0 Å². The van der Waals surface area contributed by atoms with E-state index >= 15 is 0 Å². The zero-order valence-electron chi connectivity index (χ0n) is 10.8. The van der Waals surface area contributed by atoms with Crippen LogP contribution in [0.3, 0.4) is 0 Å². The van der Waals surface area contributed by atoms with Gasteiger partial charge in [0.15, 0.2) is 0 Å². The molecule has 5 heteroatoms. The summed E-state index contributed by atoms with van der Waals surface area (Å²) in [6.45, 7) is 2.83. The van der Waals surface area contributed by atoms with Gasteiger partial charge in [-0.25, -0.2) is 0 Å². The zero-order valence-corrected chi connectivity index (χ0v) is 10.8. The van der Waals surface area contributed by atoms with Crippen molar-refractivity contribution < 1.29 is 14.6 Å². The van der Waals surface area contributed by atoms with Crippen molar-refractivity contribution in [3.05, 3.63) is 29.8 Å². The van der Waals surface area contributed by atoms with Crippen molar-refractivity contribution in [3.63, 3.8) is 0 Å². The molecular weight excluding hydrogens is 232 g/mol. The molecule has 0 unspecified atom stereocenters. The summed E-state index contributed by atoms with van der Waals surface area (Å²) in [5, 5.41) is 12.1. The van der Waals surface area contributed by atoms with Gasteiger partial charge >= 0.3 is 0 Å². The number of nitrogens with zero attached hydrogens (tertiary/aromatic N) is 1. The number of carbonyl (C=O) groups is 1. The first-order valence-corrected chi connectivity index (χ1v) is 5.88. The van der Waals surface area contributed by atoms with Crippen LogP contribution in [0.4, 0.5) is 0 Å². The summed E-state index contributed by atoms with van der Waals surface area (Å²) >= 11 is 0. The van der Waals surface area contributed by atoms with Gasteiger partial charge in [0.25, 0.3) is 5.91 Å². The van der Waals surface area contributed by atoms with Crippen molar-refractivity contribution in [3.8, 4) is 5.75 Å². The maximum atomic E-state index is 11.7. The first-order chi connectivity index (χ1) is 8.63. The van der Waals surface area contributed by atoms with Crippen LogP contribution in [-0.4, -0.2) is 56.3 Å². The fraction of sp³-hybridized carbons (Fsp3) is 0.462. The number of carbonyl (C=O) groups excluding carboxylic acids is 1. The number of nitrogens with one attached hydrogen (secondary N) is 1. The van der Waals surface area contributed by atoms with Crippen molar-refractivity contribution in [1.29, 1.82) is 0 Å². The average molecular weight is 252 g/mol. The van der Waals surface area contributed by atoms with E-state index in [2.05, 4.69) is 10.2 Å². The molecule has 1 aromatic rings. The van der Waals surface area contributed by atoms with E-state index in [1.54, 1.807) is 19.2 Å². The number of rotatable bonds is 7. The van der Waals surface area contributed by atoms with Gasteiger partial charge in [-0.15, -0.1) is 0 Å². The van der Waals surface area contributed by atoms with Gasteiger partial charge in [-0.2, -0.15) is 0 Å². The third-order valence-electron chi connectivity index (χ3n) is 2.56. The number of methoxy groups -OCH3 is 1.